The summed E-state index contributed by atoms with van der Waals surface area (Å²) in [5.41, 5.74) is 1.80. The summed E-state index contributed by atoms with van der Waals surface area (Å²) in [6, 6.07) is 11.7. The highest BCUT2D eigenvalue weighted by Crippen LogP contribution is 2.19. The first-order chi connectivity index (χ1) is 13.2. The Bertz CT molecular complexity index is 884. The minimum absolute atomic E-state index is 0.0187. The number of hydrogen-bond acceptors (Lipinski definition) is 6. The Labute approximate surface area is 162 Å². The van der Waals surface area contributed by atoms with E-state index in [9.17, 15) is 4.79 Å². The third kappa shape index (κ3) is 4.17. The van der Waals surface area contributed by atoms with Crippen molar-refractivity contribution in [1.29, 1.82) is 0 Å². The molecule has 1 fully saturated rings. The number of carbonyl (C=O) groups excluding carboxylic acids is 1. The molecule has 4 rings (SSSR count). The lowest BCUT2D eigenvalue weighted by Crippen LogP contribution is -2.48. The molecule has 1 aliphatic heterocycles. The van der Waals surface area contributed by atoms with E-state index in [4.69, 9.17) is 0 Å². The van der Waals surface area contributed by atoms with Crippen molar-refractivity contribution in [2.24, 2.45) is 0 Å². The van der Waals surface area contributed by atoms with Crippen molar-refractivity contribution in [3.8, 4) is 5.69 Å². The first kappa shape index (κ1) is 17.7. The zero-order valence-electron chi connectivity index (χ0n) is 15.2. The summed E-state index contributed by atoms with van der Waals surface area (Å²) >= 11 is 1.66. The number of aromatic nitrogens is 3. The van der Waals surface area contributed by atoms with Gasteiger partial charge in [-0.25, -0.2) is 9.67 Å². The van der Waals surface area contributed by atoms with Gasteiger partial charge >= 0.3 is 0 Å². The fourth-order valence-electron chi connectivity index (χ4n) is 3.21. The Hall–Kier alpha value is -2.71. The molecule has 1 amide bonds. The topological polar surface area (TPSA) is 66.3 Å². The van der Waals surface area contributed by atoms with Gasteiger partial charge in [0.1, 0.15) is 5.82 Å². The predicted molar refractivity (Wildman–Crippen MR) is 108 cm³/mol. The second-order valence-corrected chi connectivity index (χ2v) is 7.42. The van der Waals surface area contributed by atoms with Gasteiger partial charge in [-0.3, -0.25) is 9.69 Å². The maximum atomic E-state index is 12.6. The lowest BCUT2D eigenvalue weighted by molar-refractivity contribution is -0.117. The van der Waals surface area contributed by atoms with E-state index in [-0.39, 0.29) is 5.91 Å². The first-order valence-electron chi connectivity index (χ1n) is 8.98. The number of hydrogen-bond donors (Lipinski definition) is 1. The molecule has 3 aromatic rings. The second kappa shape index (κ2) is 7.89. The number of anilines is 2. The molecule has 0 aliphatic carbocycles. The van der Waals surface area contributed by atoms with Gasteiger partial charge in [0, 0.05) is 43.8 Å². The molecule has 8 heteroatoms. The van der Waals surface area contributed by atoms with Gasteiger partial charge in [-0.15, -0.1) is 11.3 Å². The number of benzene rings is 1. The van der Waals surface area contributed by atoms with E-state index in [1.165, 1.54) is 0 Å². The van der Waals surface area contributed by atoms with E-state index < -0.39 is 0 Å². The van der Waals surface area contributed by atoms with Crippen LogP contribution in [0.2, 0.25) is 0 Å². The largest absolute Gasteiger partial charge is 0.346 e. The summed E-state index contributed by atoms with van der Waals surface area (Å²) in [7, 11) is 0. The summed E-state index contributed by atoms with van der Waals surface area (Å²) in [6.07, 6.45) is 1.83. The number of aryl methyl sites for hydroxylation is 1. The van der Waals surface area contributed by atoms with Gasteiger partial charge in [-0.05, 0) is 19.1 Å². The molecule has 0 atom stereocenters. The molecule has 140 valence electrons. The van der Waals surface area contributed by atoms with Crippen LogP contribution in [0.5, 0.6) is 0 Å². The van der Waals surface area contributed by atoms with Gasteiger partial charge in [0.05, 0.1) is 17.9 Å². The van der Waals surface area contributed by atoms with Crippen LogP contribution >= 0.6 is 11.3 Å². The molecule has 0 bridgehead atoms. The van der Waals surface area contributed by atoms with Crippen LogP contribution in [0, 0.1) is 6.92 Å². The van der Waals surface area contributed by atoms with Crippen LogP contribution in [0.15, 0.2) is 48.0 Å². The van der Waals surface area contributed by atoms with Crippen LogP contribution in [0.3, 0.4) is 0 Å². The van der Waals surface area contributed by atoms with Crippen LogP contribution in [-0.4, -0.2) is 58.3 Å². The molecule has 3 heterocycles. The number of nitrogens with one attached hydrogen (secondary N) is 1. The molecule has 1 aliphatic rings. The summed E-state index contributed by atoms with van der Waals surface area (Å²) in [4.78, 5) is 21.4. The molecule has 0 saturated carbocycles. The summed E-state index contributed by atoms with van der Waals surface area (Å²) in [5, 5.41) is 10.6. The molecule has 1 aromatic carbocycles. The zero-order valence-corrected chi connectivity index (χ0v) is 16.0. The van der Waals surface area contributed by atoms with Crippen molar-refractivity contribution < 1.29 is 4.79 Å². The van der Waals surface area contributed by atoms with E-state index >= 15 is 0 Å². The summed E-state index contributed by atoms with van der Waals surface area (Å²) in [6.45, 7) is 5.79. The number of rotatable bonds is 5. The van der Waals surface area contributed by atoms with Crippen molar-refractivity contribution in [1.82, 2.24) is 19.7 Å². The van der Waals surface area contributed by atoms with Crippen molar-refractivity contribution in [3.63, 3.8) is 0 Å². The van der Waals surface area contributed by atoms with E-state index in [0.29, 0.717) is 12.4 Å². The van der Waals surface area contributed by atoms with Gasteiger partial charge in [-0.1, -0.05) is 18.2 Å². The summed E-state index contributed by atoms with van der Waals surface area (Å²) in [5.74, 6) is 0.680. The highest BCUT2D eigenvalue weighted by Gasteiger charge is 2.21. The average Bonchev–Trinajstić information content (AvgIpc) is 3.33. The molecule has 7 nitrogen and oxygen atoms in total. The first-order valence-corrected chi connectivity index (χ1v) is 9.86. The molecular weight excluding hydrogens is 360 g/mol. The van der Waals surface area contributed by atoms with Crippen LogP contribution in [-0.2, 0) is 4.79 Å². The van der Waals surface area contributed by atoms with Gasteiger partial charge < -0.3 is 10.2 Å². The Balaban J connectivity index is 1.35. The molecule has 27 heavy (non-hydrogen) atoms. The average molecular weight is 382 g/mol. The van der Waals surface area contributed by atoms with Crippen molar-refractivity contribution in [2.75, 3.05) is 42.9 Å². The highest BCUT2D eigenvalue weighted by molar-refractivity contribution is 7.13. The highest BCUT2D eigenvalue weighted by atomic mass is 32.1. The minimum Gasteiger partial charge on any atom is -0.346 e. The Morgan fingerprint density at radius 1 is 1.19 bits per heavy atom. The minimum atomic E-state index is -0.0187. The van der Waals surface area contributed by atoms with Gasteiger partial charge in [0.15, 0.2) is 5.13 Å². The molecule has 0 unspecified atom stereocenters. The van der Waals surface area contributed by atoms with Gasteiger partial charge in [-0.2, -0.15) is 5.10 Å². The van der Waals surface area contributed by atoms with Crippen LogP contribution < -0.4 is 10.2 Å². The third-order valence-corrected chi connectivity index (χ3v) is 5.36. The van der Waals surface area contributed by atoms with Crippen LogP contribution in [0.25, 0.3) is 5.69 Å². The lowest BCUT2D eigenvalue weighted by Gasteiger charge is -2.34. The number of amides is 1. The second-order valence-electron chi connectivity index (χ2n) is 6.54. The number of piperazine rings is 1. The van der Waals surface area contributed by atoms with Gasteiger partial charge in [0.25, 0.3) is 0 Å². The SMILES string of the molecule is Cc1cc(NC(=O)CN2CCN(c3nccs3)CC2)n(-c2ccccc2)n1. The van der Waals surface area contributed by atoms with Gasteiger partial charge in [0.2, 0.25) is 5.91 Å². The zero-order chi connectivity index (χ0) is 18.6. The Morgan fingerprint density at radius 3 is 2.67 bits per heavy atom. The van der Waals surface area contributed by atoms with Crippen molar-refractivity contribution in [2.45, 2.75) is 6.92 Å². The van der Waals surface area contributed by atoms with Crippen molar-refractivity contribution >= 4 is 28.2 Å². The number of para-hydroxylation sites is 1. The van der Waals surface area contributed by atoms with Crippen LogP contribution in [0.4, 0.5) is 10.9 Å². The Morgan fingerprint density at radius 2 is 1.96 bits per heavy atom. The fourth-order valence-corrected chi connectivity index (χ4v) is 3.91. The fraction of sp³-hybridized carbons (Fsp3) is 0.316. The van der Waals surface area contributed by atoms with Crippen molar-refractivity contribution in [3.05, 3.63) is 53.7 Å². The third-order valence-electron chi connectivity index (χ3n) is 4.53. The predicted octanol–water partition coefficient (Wildman–Crippen LogP) is 2.40. The van der Waals surface area contributed by atoms with Crippen LogP contribution in [0.1, 0.15) is 5.69 Å². The number of thiazole rings is 1. The Kier molecular flexibility index (Phi) is 5.17. The van der Waals surface area contributed by atoms with E-state index in [1.54, 1.807) is 16.0 Å². The quantitative estimate of drug-likeness (QED) is 0.734. The lowest BCUT2D eigenvalue weighted by atomic mass is 10.3. The normalized spacial score (nSPS) is 15.1. The number of carbonyl (C=O) groups is 1. The maximum Gasteiger partial charge on any atom is 0.239 e. The smallest absolute Gasteiger partial charge is 0.239 e. The molecule has 2 aromatic heterocycles. The number of nitrogens with zero attached hydrogens (tertiary/aromatic N) is 5. The maximum absolute atomic E-state index is 12.6. The molecular formula is C19H22N6OS. The molecule has 1 saturated heterocycles. The summed E-state index contributed by atoms with van der Waals surface area (Å²) < 4.78 is 1.77. The van der Waals surface area contributed by atoms with E-state index in [2.05, 4.69) is 25.2 Å². The monoisotopic (exact) mass is 382 g/mol. The molecule has 1 N–H and O–H groups in total. The van der Waals surface area contributed by atoms with E-state index in [1.807, 2.05) is 54.9 Å². The standard InChI is InChI=1S/C19H22N6OS/c1-15-13-17(25(22-15)16-5-3-2-4-6-16)21-18(26)14-23-8-10-24(11-9-23)19-20-7-12-27-19/h2-7,12-13H,8-11,14H2,1H3,(H,21,26). The van der Waals surface area contributed by atoms with E-state index in [0.717, 1.165) is 42.7 Å². The molecule has 0 spiro atoms. The molecule has 0 radical (unpaired) electrons.